The minimum atomic E-state index is -0.713. The minimum absolute atomic E-state index is 0.0436. The number of nitrogens with one attached hydrogen (secondary N) is 1. The van der Waals surface area contributed by atoms with E-state index in [1.807, 2.05) is 32.9 Å². The number of aryl methyl sites for hydroxylation is 3. The summed E-state index contributed by atoms with van der Waals surface area (Å²) >= 11 is 0. The second-order valence-electron chi connectivity index (χ2n) is 7.02. The predicted molar refractivity (Wildman–Crippen MR) is 88.9 cm³/mol. The van der Waals surface area contributed by atoms with Crippen molar-refractivity contribution in [2.75, 3.05) is 13.2 Å². The fraction of sp³-hybridized carbons (Fsp3) is 0.526. The van der Waals surface area contributed by atoms with Crippen molar-refractivity contribution in [2.45, 2.75) is 45.6 Å². The van der Waals surface area contributed by atoms with Crippen molar-refractivity contribution in [1.29, 1.82) is 0 Å². The highest BCUT2D eigenvalue weighted by molar-refractivity contribution is 6.15. The Kier molecular flexibility index (Phi) is 4.54. The molecule has 5 heteroatoms. The number of carbonyl (C=O) groups is 3. The molecule has 1 heterocycles. The first-order valence-corrected chi connectivity index (χ1v) is 8.38. The highest BCUT2D eigenvalue weighted by Crippen LogP contribution is 2.37. The summed E-state index contributed by atoms with van der Waals surface area (Å²) in [5.74, 6) is -1.58. The Morgan fingerprint density at radius 1 is 1.17 bits per heavy atom. The molecule has 1 saturated heterocycles. The van der Waals surface area contributed by atoms with Gasteiger partial charge in [0.2, 0.25) is 5.91 Å². The first-order chi connectivity index (χ1) is 11.4. The van der Waals surface area contributed by atoms with E-state index in [1.54, 1.807) is 0 Å². The van der Waals surface area contributed by atoms with E-state index in [0.29, 0.717) is 13.2 Å². The van der Waals surface area contributed by atoms with Gasteiger partial charge in [-0.3, -0.25) is 14.4 Å². The Bertz CT molecular complexity index is 682. The van der Waals surface area contributed by atoms with Gasteiger partial charge in [-0.15, -0.1) is 0 Å². The van der Waals surface area contributed by atoms with Crippen LogP contribution in [0.25, 0.3) is 0 Å². The normalized spacial score (nSPS) is 24.1. The van der Waals surface area contributed by atoms with Gasteiger partial charge in [0.05, 0.1) is 19.3 Å². The van der Waals surface area contributed by atoms with E-state index in [4.69, 9.17) is 4.74 Å². The summed E-state index contributed by atoms with van der Waals surface area (Å²) in [4.78, 5) is 37.3. The molecule has 3 rings (SSSR count). The lowest BCUT2D eigenvalue weighted by molar-refractivity contribution is -0.130. The van der Waals surface area contributed by atoms with Gasteiger partial charge in [0.1, 0.15) is 11.7 Å². The van der Waals surface area contributed by atoms with Crippen LogP contribution < -0.4 is 5.32 Å². The summed E-state index contributed by atoms with van der Waals surface area (Å²) in [5.41, 5.74) is 3.88. The maximum Gasteiger partial charge on any atom is 0.221 e. The fourth-order valence-electron chi connectivity index (χ4n) is 3.81. The zero-order valence-electron chi connectivity index (χ0n) is 14.3. The van der Waals surface area contributed by atoms with Crippen molar-refractivity contribution in [2.24, 2.45) is 5.92 Å². The van der Waals surface area contributed by atoms with E-state index in [-0.39, 0.29) is 36.4 Å². The van der Waals surface area contributed by atoms with Crippen LogP contribution in [0.3, 0.4) is 0 Å². The molecular formula is C19H23NO4. The van der Waals surface area contributed by atoms with Crippen LogP contribution in [0.1, 0.15) is 41.0 Å². The Labute approximate surface area is 141 Å². The topological polar surface area (TPSA) is 72.5 Å². The van der Waals surface area contributed by atoms with Crippen molar-refractivity contribution < 1.29 is 19.1 Å². The quantitative estimate of drug-likeness (QED) is 0.854. The van der Waals surface area contributed by atoms with E-state index in [0.717, 1.165) is 22.3 Å². The summed E-state index contributed by atoms with van der Waals surface area (Å²) in [5, 5.41) is 2.84. The van der Waals surface area contributed by atoms with Crippen LogP contribution in [0.5, 0.6) is 0 Å². The molecule has 2 fully saturated rings. The van der Waals surface area contributed by atoms with E-state index < -0.39 is 11.8 Å². The molecule has 2 aliphatic rings. The molecule has 0 radical (unpaired) electrons. The average molecular weight is 329 g/mol. The van der Waals surface area contributed by atoms with Crippen LogP contribution in [0.2, 0.25) is 0 Å². The number of rotatable bonds is 4. The maximum atomic E-state index is 12.8. The summed E-state index contributed by atoms with van der Waals surface area (Å²) in [6, 6.07) is 4.04. The van der Waals surface area contributed by atoms with Crippen LogP contribution in [-0.4, -0.2) is 36.7 Å². The zero-order chi connectivity index (χ0) is 17.4. The third-order valence-corrected chi connectivity index (χ3v) is 4.92. The standard InChI is InChI=1S/C19H23NO4/c1-10-4-11(2)17(12(3)5-10)18-15(21)6-13(19(18)23)7-16(22)20-14-8-24-9-14/h4-5,13-14,18H,6-9H2,1-3H3,(H,20,22). The van der Waals surface area contributed by atoms with Gasteiger partial charge in [-0.25, -0.2) is 0 Å². The van der Waals surface area contributed by atoms with E-state index in [1.165, 1.54) is 0 Å². The molecule has 1 aromatic carbocycles. The van der Waals surface area contributed by atoms with Crippen molar-refractivity contribution in [1.82, 2.24) is 5.32 Å². The molecule has 1 aliphatic carbocycles. The van der Waals surface area contributed by atoms with E-state index >= 15 is 0 Å². The SMILES string of the molecule is Cc1cc(C)c(C2C(=O)CC(CC(=O)NC3COC3)C2=O)c(C)c1. The molecule has 0 bridgehead atoms. The predicted octanol–water partition coefficient (Wildman–Crippen LogP) is 1.76. The van der Waals surface area contributed by atoms with Crippen LogP contribution in [0.15, 0.2) is 12.1 Å². The largest absolute Gasteiger partial charge is 0.377 e. The molecule has 2 atom stereocenters. The van der Waals surface area contributed by atoms with E-state index in [2.05, 4.69) is 5.32 Å². The lowest BCUT2D eigenvalue weighted by Crippen LogP contribution is -2.49. The first kappa shape index (κ1) is 16.8. The van der Waals surface area contributed by atoms with Gasteiger partial charge in [-0.1, -0.05) is 17.7 Å². The summed E-state index contributed by atoms with van der Waals surface area (Å²) in [6.45, 7) is 6.92. The Morgan fingerprint density at radius 2 is 1.79 bits per heavy atom. The lowest BCUT2D eigenvalue weighted by Gasteiger charge is -2.27. The van der Waals surface area contributed by atoms with Crippen LogP contribution >= 0.6 is 0 Å². The number of Topliss-reactive ketones (excluding diaryl/α,β-unsaturated/α-hetero) is 2. The third kappa shape index (κ3) is 3.13. The molecule has 1 aliphatic heterocycles. The molecule has 0 aromatic heterocycles. The van der Waals surface area contributed by atoms with Crippen LogP contribution in [-0.2, 0) is 19.1 Å². The molecule has 1 saturated carbocycles. The summed E-state index contributed by atoms with van der Waals surface area (Å²) in [7, 11) is 0. The van der Waals surface area contributed by atoms with Crippen molar-refractivity contribution >= 4 is 17.5 Å². The van der Waals surface area contributed by atoms with Gasteiger partial charge < -0.3 is 10.1 Å². The second kappa shape index (κ2) is 6.48. The number of carbonyl (C=O) groups excluding carboxylic acids is 3. The molecule has 24 heavy (non-hydrogen) atoms. The first-order valence-electron chi connectivity index (χ1n) is 8.38. The number of ether oxygens (including phenoxy) is 1. The van der Waals surface area contributed by atoms with Crippen molar-refractivity contribution in [3.63, 3.8) is 0 Å². The Morgan fingerprint density at radius 3 is 2.33 bits per heavy atom. The van der Waals surface area contributed by atoms with E-state index in [9.17, 15) is 14.4 Å². The van der Waals surface area contributed by atoms with Crippen LogP contribution in [0.4, 0.5) is 0 Å². The smallest absolute Gasteiger partial charge is 0.221 e. The molecule has 1 amide bonds. The summed E-state index contributed by atoms with van der Waals surface area (Å²) < 4.78 is 5.02. The maximum absolute atomic E-state index is 12.8. The molecular weight excluding hydrogens is 306 g/mol. The van der Waals surface area contributed by atoms with Crippen molar-refractivity contribution in [3.8, 4) is 0 Å². The van der Waals surface area contributed by atoms with Gasteiger partial charge in [-0.2, -0.15) is 0 Å². The number of amides is 1. The van der Waals surface area contributed by atoms with Gasteiger partial charge >= 0.3 is 0 Å². The zero-order valence-corrected chi connectivity index (χ0v) is 14.3. The Balaban J connectivity index is 1.75. The van der Waals surface area contributed by atoms with Crippen molar-refractivity contribution in [3.05, 3.63) is 34.4 Å². The molecule has 1 aromatic rings. The number of benzene rings is 1. The lowest BCUT2D eigenvalue weighted by atomic mass is 9.86. The van der Waals surface area contributed by atoms with Crippen LogP contribution in [0, 0.1) is 26.7 Å². The van der Waals surface area contributed by atoms with Gasteiger partial charge in [0.15, 0.2) is 5.78 Å². The molecule has 0 spiro atoms. The number of hydrogen-bond acceptors (Lipinski definition) is 4. The number of ketones is 2. The second-order valence-corrected chi connectivity index (χ2v) is 7.02. The number of hydrogen-bond donors (Lipinski definition) is 1. The van der Waals surface area contributed by atoms with Gasteiger partial charge in [-0.05, 0) is 37.5 Å². The third-order valence-electron chi connectivity index (χ3n) is 4.92. The minimum Gasteiger partial charge on any atom is -0.377 e. The molecule has 128 valence electrons. The highest BCUT2D eigenvalue weighted by Gasteiger charge is 2.44. The highest BCUT2D eigenvalue weighted by atomic mass is 16.5. The monoisotopic (exact) mass is 329 g/mol. The fourth-order valence-corrected chi connectivity index (χ4v) is 3.81. The van der Waals surface area contributed by atoms with Gasteiger partial charge in [0, 0.05) is 18.8 Å². The molecule has 2 unspecified atom stereocenters. The van der Waals surface area contributed by atoms with Gasteiger partial charge in [0.25, 0.3) is 0 Å². The molecule has 1 N–H and O–H groups in total. The Hall–Kier alpha value is -2.01. The molecule has 5 nitrogen and oxygen atoms in total. The average Bonchev–Trinajstić information content (AvgIpc) is 2.70. The summed E-state index contributed by atoms with van der Waals surface area (Å²) in [6.07, 6.45) is 0.242.